The standard InChI is InChI=1S/C15H19NO7/c1-8-15(20)11(19)4-5-16(8)14-6-12(22-10(3)18)13(23-14)7-21-9(2)17/h4-5,12-14,20H,6-7H2,1-3H3/t12?,13?,14-/m1/s1. The highest BCUT2D eigenvalue weighted by Crippen LogP contribution is 2.32. The lowest BCUT2D eigenvalue weighted by molar-refractivity contribution is -0.155. The number of pyridine rings is 1. The van der Waals surface area contributed by atoms with Gasteiger partial charge in [-0.05, 0) is 6.92 Å². The Balaban J connectivity index is 2.21. The highest BCUT2D eigenvalue weighted by Gasteiger charge is 2.39. The summed E-state index contributed by atoms with van der Waals surface area (Å²) in [5.74, 6) is -1.29. The fraction of sp³-hybridized carbons (Fsp3) is 0.533. The predicted molar refractivity (Wildman–Crippen MR) is 77.8 cm³/mol. The lowest BCUT2D eigenvalue weighted by Gasteiger charge is -2.19. The van der Waals surface area contributed by atoms with Crippen LogP contribution >= 0.6 is 0 Å². The number of nitrogens with zero attached hydrogens (tertiary/aromatic N) is 1. The summed E-state index contributed by atoms with van der Waals surface area (Å²) < 4.78 is 17.5. The molecule has 23 heavy (non-hydrogen) atoms. The van der Waals surface area contributed by atoms with Gasteiger partial charge in [0.1, 0.15) is 25.0 Å². The molecule has 1 aliphatic rings. The van der Waals surface area contributed by atoms with Crippen molar-refractivity contribution in [2.24, 2.45) is 0 Å². The summed E-state index contributed by atoms with van der Waals surface area (Å²) in [6.45, 7) is 4.10. The Morgan fingerprint density at radius 3 is 2.70 bits per heavy atom. The molecule has 0 amide bonds. The predicted octanol–water partition coefficient (Wildman–Crippen LogP) is 0.645. The van der Waals surface area contributed by atoms with E-state index in [9.17, 15) is 19.5 Å². The van der Waals surface area contributed by atoms with Crippen molar-refractivity contribution in [3.63, 3.8) is 0 Å². The zero-order chi connectivity index (χ0) is 17.1. The van der Waals surface area contributed by atoms with Gasteiger partial charge >= 0.3 is 11.9 Å². The van der Waals surface area contributed by atoms with Crippen molar-refractivity contribution in [2.75, 3.05) is 6.61 Å². The van der Waals surface area contributed by atoms with Gasteiger partial charge in [-0.3, -0.25) is 14.4 Å². The maximum Gasteiger partial charge on any atom is 0.303 e. The molecule has 3 atom stereocenters. The fourth-order valence-corrected chi connectivity index (χ4v) is 2.51. The SMILES string of the molecule is CC(=O)OCC1O[C@@H](n2ccc(=O)c(O)c2C)CC1OC(C)=O. The number of aromatic hydroxyl groups is 1. The van der Waals surface area contributed by atoms with Gasteiger partial charge in [-0.2, -0.15) is 0 Å². The summed E-state index contributed by atoms with van der Waals surface area (Å²) in [7, 11) is 0. The van der Waals surface area contributed by atoms with Crippen LogP contribution in [0.1, 0.15) is 32.2 Å². The molecule has 0 radical (unpaired) electrons. The molecule has 0 aliphatic carbocycles. The Labute approximate surface area is 132 Å². The average molecular weight is 325 g/mol. The minimum atomic E-state index is -0.617. The van der Waals surface area contributed by atoms with Gasteiger partial charge in [-0.15, -0.1) is 0 Å². The van der Waals surface area contributed by atoms with E-state index in [0.717, 1.165) is 0 Å². The molecular weight excluding hydrogens is 306 g/mol. The van der Waals surface area contributed by atoms with E-state index in [4.69, 9.17) is 14.2 Å². The normalized spacial score (nSPS) is 23.5. The van der Waals surface area contributed by atoms with Gasteiger partial charge in [-0.1, -0.05) is 0 Å². The van der Waals surface area contributed by atoms with Gasteiger partial charge in [0.15, 0.2) is 5.75 Å². The number of hydrogen-bond donors (Lipinski definition) is 1. The molecule has 0 spiro atoms. The number of hydrogen-bond acceptors (Lipinski definition) is 7. The van der Waals surface area contributed by atoms with Crippen molar-refractivity contribution < 1.29 is 28.9 Å². The van der Waals surface area contributed by atoms with E-state index < -0.39 is 35.8 Å². The zero-order valence-corrected chi connectivity index (χ0v) is 13.1. The molecule has 0 bridgehead atoms. The van der Waals surface area contributed by atoms with E-state index in [-0.39, 0.29) is 12.4 Å². The van der Waals surface area contributed by atoms with Crippen molar-refractivity contribution in [1.29, 1.82) is 0 Å². The number of esters is 2. The molecule has 8 nitrogen and oxygen atoms in total. The smallest absolute Gasteiger partial charge is 0.303 e. The number of ether oxygens (including phenoxy) is 3. The second kappa shape index (κ2) is 6.82. The summed E-state index contributed by atoms with van der Waals surface area (Å²) in [6, 6.07) is 1.23. The summed E-state index contributed by atoms with van der Waals surface area (Å²) in [4.78, 5) is 33.6. The van der Waals surface area contributed by atoms with Gasteiger partial charge in [0.05, 0.1) is 5.69 Å². The van der Waals surface area contributed by atoms with Crippen LogP contribution in [-0.4, -0.2) is 40.4 Å². The van der Waals surface area contributed by atoms with Crippen LogP contribution in [0.25, 0.3) is 0 Å². The monoisotopic (exact) mass is 325 g/mol. The molecule has 2 rings (SSSR count). The fourth-order valence-electron chi connectivity index (χ4n) is 2.51. The van der Waals surface area contributed by atoms with Crippen molar-refractivity contribution in [3.8, 4) is 5.75 Å². The Morgan fingerprint density at radius 2 is 2.09 bits per heavy atom. The maximum atomic E-state index is 11.4. The van der Waals surface area contributed by atoms with Crippen molar-refractivity contribution in [2.45, 2.75) is 45.6 Å². The van der Waals surface area contributed by atoms with E-state index in [1.54, 1.807) is 11.5 Å². The first-order chi connectivity index (χ1) is 10.8. The van der Waals surface area contributed by atoms with Crippen LogP contribution in [0.15, 0.2) is 17.1 Å². The lowest BCUT2D eigenvalue weighted by atomic mass is 10.2. The third-order valence-electron chi connectivity index (χ3n) is 3.61. The second-order valence-corrected chi connectivity index (χ2v) is 5.34. The van der Waals surface area contributed by atoms with Gasteiger partial charge in [0, 0.05) is 32.5 Å². The van der Waals surface area contributed by atoms with Crippen LogP contribution in [0, 0.1) is 6.92 Å². The molecule has 1 N–H and O–H groups in total. The molecule has 2 unspecified atom stereocenters. The van der Waals surface area contributed by atoms with Crippen LogP contribution in [0.2, 0.25) is 0 Å². The molecule has 1 fully saturated rings. The first-order valence-corrected chi connectivity index (χ1v) is 7.16. The van der Waals surface area contributed by atoms with Gasteiger partial charge in [0.2, 0.25) is 5.43 Å². The van der Waals surface area contributed by atoms with Crippen LogP contribution < -0.4 is 5.43 Å². The lowest BCUT2D eigenvalue weighted by Crippen LogP contribution is -2.31. The largest absolute Gasteiger partial charge is 0.503 e. The molecule has 1 aromatic rings. The van der Waals surface area contributed by atoms with Crippen LogP contribution in [-0.2, 0) is 23.8 Å². The number of rotatable bonds is 4. The third-order valence-corrected chi connectivity index (χ3v) is 3.61. The topological polar surface area (TPSA) is 104 Å². The Bertz CT molecular complexity index is 666. The van der Waals surface area contributed by atoms with E-state index >= 15 is 0 Å². The molecule has 8 heteroatoms. The van der Waals surface area contributed by atoms with Crippen LogP contribution in [0.5, 0.6) is 5.75 Å². The Morgan fingerprint density at radius 1 is 1.39 bits per heavy atom. The molecule has 1 saturated heterocycles. The van der Waals surface area contributed by atoms with E-state index in [1.165, 1.54) is 26.1 Å². The highest BCUT2D eigenvalue weighted by molar-refractivity contribution is 5.66. The number of aromatic nitrogens is 1. The van der Waals surface area contributed by atoms with Crippen molar-refractivity contribution in [1.82, 2.24) is 4.57 Å². The van der Waals surface area contributed by atoms with E-state index in [1.807, 2.05) is 0 Å². The van der Waals surface area contributed by atoms with Crippen LogP contribution in [0.4, 0.5) is 0 Å². The summed E-state index contributed by atoms with van der Waals surface area (Å²) in [5.41, 5.74) is -0.137. The molecular formula is C15H19NO7. The van der Waals surface area contributed by atoms with Crippen LogP contribution in [0.3, 0.4) is 0 Å². The van der Waals surface area contributed by atoms with Gasteiger partial charge in [0.25, 0.3) is 0 Å². The minimum absolute atomic E-state index is 0.0466. The average Bonchev–Trinajstić information content (AvgIpc) is 2.84. The third kappa shape index (κ3) is 3.89. The molecule has 0 aromatic carbocycles. The molecule has 0 saturated carbocycles. The molecule has 2 heterocycles. The molecule has 1 aliphatic heterocycles. The zero-order valence-electron chi connectivity index (χ0n) is 13.1. The van der Waals surface area contributed by atoms with Crippen molar-refractivity contribution in [3.05, 3.63) is 28.2 Å². The van der Waals surface area contributed by atoms with E-state index in [2.05, 4.69) is 0 Å². The molecule has 1 aromatic heterocycles. The quantitative estimate of drug-likeness (QED) is 0.810. The first-order valence-electron chi connectivity index (χ1n) is 7.16. The summed E-state index contributed by atoms with van der Waals surface area (Å²) in [5, 5.41) is 9.76. The van der Waals surface area contributed by atoms with Gasteiger partial charge < -0.3 is 23.9 Å². The molecule has 126 valence electrons. The number of carbonyl (C=O) groups excluding carboxylic acids is 2. The minimum Gasteiger partial charge on any atom is -0.503 e. The first kappa shape index (κ1) is 17.0. The number of carbonyl (C=O) groups is 2. The Kier molecular flexibility index (Phi) is 5.05. The Hall–Kier alpha value is -2.35. The maximum absolute atomic E-state index is 11.4. The van der Waals surface area contributed by atoms with Crippen molar-refractivity contribution >= 4 is 11.9 Å². The van der Waals surface area contributed by atoms with Gasteiger partial charge in [-0.25, -0.2) is 0 Å². The summed E-state index contributed by atoms with van der Waals surface area (Å²) >= 11 is 0. The van der Waals surface area contributed by atoms with E-state index in [0.29, 0.717) is 12.1 Å². The second-order valence-electron chi connectivity index (χ2n) is 5.34. The highest BCUT2D eigenvalue weighted by atomic mass is 16.6. The summed E-state index contributed by atoms with van der Waals surface area (Å²) in [6.07, 6.45) is 0.0634.